The first kappa shape index (κ1) is 9.92. The SMILES string of the molecule is CSc1ccc(N)c(NC(C)=O)c1. The van der Waals surface area contributed by atoms with Crippen molar-refractivity contribution >= 4 is 29.0 Å². The lowest BCUT2D eigenvalue weighted by Gasteiger charge is -2.07. The minimum Gasteiger partial charge on any atom is -0.397 e. The molecule has 0 aliphatic carbocycles. The monoisotopic (exact) mass is 196 g/mol. The zero-order valence-electron chi connectivity index (χ0n) is 7.63. The first-order valence-corrected chi connectivity index (χ1v) is 5.07. The van der Waals surface area contributed by atoms with Gasteiger partial charge < -0.3 is 11.1 Å². The lowest BCUT2D eigenvalue weighted by molar-refractivity contribution is -0.114. The fourth-order valence-electron chi connectivity index (χ4n) is 0.960. The van der Waals surface area contributed by atoms with Crippen LogP contribution >= 0.6 is 11.8 Å². The van der Waals surface area contributed by atoms with Crippen LogP contribution in [0.3, 0.4) is 0 Å². The minimum atomic E-state index is -0.107. The minimum absolute atomic E-state index is 0.107. The summed E-state index contributed by atoms with van der Waals surface area (Å²) in [5.74, 6) is -0.107. The number of hydrogen-bond acceptors (Lipinski definition) is 3. The summed E-state index contributed by atoms with van der Waals surface area (Å²) in [6.07, 6.45) is 1.98. The predicted octanol–water partition coefficient (Wildman–Crippen LogP) is 1.95. The lowest BCUT2D eigenvalue weighted by Crippen LogP contribution is -2.07. The number of rotatable bonds is 2. The van der Waals surface area contributed by atoms with Gasteiger partial charge in [0.05, 0.1) is 11.4 Å². The normalized spacial score (nSPS) is 9.69. The van der Waals surface area contributed by atoms with Gasteiger partial charge in [0, 0.05) is 11.8 Å². The molecule has 13 heavy (non-hydrogen) atoms. The highest BCUT2D eigenvalue weighted by Gasteiger charge is 2.01. The molecule has 1 rings (SSSR count). The van der Waals surface area contributed by atoms with Crippen LogP contribution in [0, 0.1) is 0 Å². The molecule has 0 fully saturated rings. The molecular weight excluding hydrogens is 184 g/mol. The van der Waals surface area contributed by atoms with Gasteiger partial charge in [-0.2, -0.15) is 0 Å². The van der Waals surface area contributed by atoms with Crippen LogP contribution in [0.25, 0.3) is 0 Å². The van der Waals surface area contributed by atoms with E-state index in [1.807, 2.05) is 18.4 Å². The maximum atomic E-state index is 10.8. The number of hydrogen-bond donors (Lipinski definition) is 2. The fourth-order valence-corrected chi connectivity index (χ4v) is 1.40. The Kier molecular flexibility index (Phi) is 3.19. The van der Waals surface area contributed by atoms with E-state index in [1.165, 1.54) is 6.92 Å². The van der Waals surface area contributed by atoms with Gasteiger partial charge in [-0.05, 0) is 24.5 Å². The van der Waals surface area contributed by atoms with Gasteiger partial charge in [-0.3, -0.25) is 4.79 Å². The average molecular weight is 196 g/mol. The Hall–Kier alpha value is -1.16. The third kappa shape index (κ3) is 2.66. The van der Waals surface area contributed by atoms with Crippen molar-refractivity contribution in [2.75, 3.05) is 17.3 Å². The predicted molar refractivity (Wildman–Crippen MR) is 56.9 cm³/mol. The van der Waals surface area contributed by atoms with Crippen LogP contribution < -0.4 is 11.1 Å². The maximum Gasteiger partial charge on any atom is 0.221 e. The number of nitrogens with two attached hydrogens (primary N) is 1. The van der Waals surface area contributed by atoms with Crippen LogP contribution in [-0.4, -0.2) is 12.2 Å². The van der Waals surface area contributed by atoms with Crippen LogP contribution in [-0.2, 0) is 4.79 Å². The zero-order valence-corrected chi connectivity index (χ0v) is 8.44. The number of nitrogens with one attached hydrogen (secondary N) is 1. The van der Waals surface area contributed by atoms with Crippen molar-refractivity contribution in [1.29, 1.82) is 0 Å². The van der Waals surface area contributed by atoms with Gasteiger partial charge in [0.1, 0.15) is 0 Å². The lowest BCUT2D eigenvalue weighted by atomic mass is 10.2. The Labute approximate surface area is 81.7 Å². The second-order valence-corrected chi connectivity index (χ2v) is 3.51. The molecule has 0 aliphatic heterocycles. The van der Waals surface area contributed by atoms with Crippen molar-refractivity contribution in [1.82, 2.24) is 0 Å². The van der Waals surface area contributed by atoms with Gasteiger partial charge in [0.25, 0.3) is 0 Å². The van der Waals surface area contributed by atoms with Gasteiger partial charge in [-0.15, -0.1) is 11.8 Å². The summed E-state index contributed by atoms with van der Waals surface area (Å²) < 4.78 is 0. The topological polar surface area (TPSA) is 55.1 Å². The standard InChI is InChI=1S/C9H12N2OS/c1-6(12)11-9-5-7(13-2)3-4-8(9)10/h3-5H,10H2,1-2H3,(H,11,12). The van der Waals surface area contributed by atoms with E-state index in [9.17, 15) is 4.79 Å². The van der Waals surface area contributed by atoms with Crippen molar-refractivity contribution in [2.24, 2.45) is 0 Å². The molecule has 0 aromatic heterocycles. The average Bonchev–Trinajstić information content (AvgIpc) is 2.08. The molecule has 1 aromatic carbocycles. The number of nitrogen functional groups attached to an aromatic ring is 1. The Morgan fingerprint density at radius 3 is 2.77 bits per heavy atom. The Bertz CT molecular complexity index is 325. The first-order valence-electron chi connectivity index (χ1n) is 3.84. The van der Waals surface area contributed by atoms with E-state index in [1.54, 1.807) is 17.8 Å². The molecule has 0 saturated carbocycles. The van der Waals surface area contributed by atoms with E-state index >= 15 is 0 Å². The van der Waals surface area contributed by atoms with E-state index in [2.05, 4.69) is 5.32 Å². The molecule has 0 radical (unpaired) electrons. The number of carbonyl (C=O) groups excluding carboxylic acids is 1. The highest BCUT2D eigenvalue weighted by atomic mass is 32.2. The highest BCUT2D eigenvalue weighted by Crippen LogP contribution is 2.24. The van der Waals surface area contributed by atoms with Gasteiger partial charge in [-0.25, -0.2) is 0 Å². The fraction of sp³-hybridized carbons (Fsp3) is 0.222. The van der Waals surface area contributed by atoms with Crippen molar-refractivity contribution < 1.29 is 4.79 Å². The van der Waals surface area contributed by atoms with Gasteiger partial charge in [0.15, 0.2) is 0 Å². The Morgan fingerprint density at radius 1 is 1.54 bits per heavy atom. The molecule has 70 valence electrons. The smallest absolute Gasteiger partial charge is 0.221 e. The molecule has 0 aliphatic rings. The molecule has 0 atom stereocenters. The van der Waals surface area contributed by atoms with Crippen LogP contribution in [0.2, 0.25) is 0 Å². The van der Waals surface area contributed by atoms with E-state index < -0.39 is 0 Å². The van der Waals surface area contributed by atoms with Crippen LogP contribution in [0.15, 0.2) is 23.1 Å². The summed E-state index contributed by atoms with van der Waals surface area (Å²) >= 11 is 1.61. The zero-order chi connectivity index (χ0) is 9.84. The third-order valence-corrected chi connectivity index (χ3v) is 2.30. The summed E-state index contributed by atoms with van der Waals surface area (Å²) in [6, 6.07) is 5.57. The molecule has 0 saturated heterocycles. The summed E-state index contributed by atoms with van der Waals surface area (Å²) in [5.41, 5.74) is 6.94. The molecule has 1 aromatic rings. The van der Waals surface area contributed by atoms with Crippen molar-refractivity contribution in [3.8, 4) is 0 Å². The highest BCUT2D eigenvalue weighted by molar-refractivity contribution is 7.98. The van der Waals surface area contributed by atoms with Gasteiger partial charge in [0.2, 0.25) is 5.91 Å². The Morgan fingerprint density at radius 2 is 2.23 bits per heavy atom. The second kappa shape index (κ2) is 4.18. The number of thioether (sulfide) groups is 1. The quantitative estimate of drug-likeness (QED) is 0.561. The van der Waals surface area contributed by atoms with E-state index in [0.29, 0.717) is 11.4 Å². The van der Waals surface area contributed by atoms with Crippen LogP contribution in [0.1, 0.15) is 6.92 Å². The van der Waals surface area contributed by atoms with E-state index in [0.717, 1.165) is 4.90 Å². The van der Waals surface area contributed by atoms with Crippen LogP contribution in [0.4, 0.5) is 11.4 Å². The molecule has 3 N–H and O–H groups in total. The molecule has 3 nitrogen and oxygen atoms in total. The van der Waals surface area contributed by atoms with Crippen molar-refractivity contribution in [3.05, 3.63) is 18.2 Å². The van der Waals surface area contributed by atoms with E-state index in [-0.39, 0.29) is 5.91 Å². The molecule has 1 amide bonds. The van der Waals surface area contributed by atoms with E-state index in [4.69, 9.17) is 5.73 Å². The second-order valence-electron chi connectivity index (χ2n) is 2.63. The third-order valence-electron chi connectivity index (χ3n) is 1.57. The summed E-state index contributed by atoms with van der Waals surface area (Å²) in [7, 11) is 0. The largest absolute Gasteiger partial charge is 0.397 e. The molecule has 0 heterocycles. The maximum absolute atomic E-state index is 10.8. The van der Waals surface area contributed by atoms with Gasteiger partial charge in [-0.1, -0.05) is 0 Å². The van der Waals surface area contributed by atoms with Crippen molar-refractivity contribution in [2.45, 2.75) is 11.8 Å². The molecule has 0 unspecified atom stereocenters. The summed E-state index contributed by atoms with van der Waals surface area (Å²) in [5, 5.41) is 2.67. The Balaban J connectivity index is 2.96. The summed E-state index contributed by atoms with van der Waals surface area (Å²) in [6.45, 7) is 1.46. The van der Waals surface area contributed by atoms with Crippen molar-refractivity contribution in [3.63, 3.8) is 0 Å². The number of anilines is 2. The molecule has 0 spiro atoms. The molecule has 4 heteroatoms. The molecular formula is C9H12N2OS. The van der Waals surface area contributed by atoms with Gasteiger partial charge >= 0.3 is 0 Å². The number of benzene rings is 1. The number of carbonyl (C=O) groups is 1. The first-order chi connectivity index (χ1) is 6.13. The van der Waals surface area contributed by atoms with Crippen LogP contribution in [0.5, 0.6) is 0 Å². The summed E-state index contributed by atoms with van der Waals surface area (Å²) in [4.78, 5) is 11.9. The number of amides is 1. The molecule has 0 bridgehead atoms.